The van der Waals surface area contributed by atoms with Gasteiger partial charge in [0.2, 0.25) is 0 Å². The zero-order valence-electron chi connectivity index (χ0n) is 35.3. The third-order valence-corrected chi connectivity index (χ3v) is 10.7. The maximum absolute atomic E-state index is 14.4. The number of hydrogen-bond donors (Lipinski definition) is 6. The molecule has 5 rings (SSSR count). The lowest BCUT2D eigenvalue weighted by Gasteiger charge is -2.38. The van der Waals surface area contributed by atoms with Crippen LogP contribution in [0, 0.1) is 30.6 Å². The van der Waals surface area contributed by atoms with Crippen molar-refractivity contribution < 1.29 is 63.3 Å². The van der Waals surface area contributed by atoms with Gasteiger partial charge in [-0.3, -0.25) is 19.2 Å². The van der Waals surface area contributed by atoms with Crippen LogP contribution in [0.1, 0.15) is 85.2 Å². The molecule has 2 amide bonds. The molecule has 0 aliphatic carbocycles. The molecule has 0 saturated carbocycles. The second kappa shape index (κ2) is 17.8. The average Bonchev–Trinajstić information content (AvgIpc) is 3.41. The van der Waals surface area contributed by atoms with Crippen molar-refractivity contribution in [2.45, 2.75) is 112 Å². The number of nitrogens with one attached hydrogen (secondary N) is 2. The molecule has 15 heteroatoms. The van der Waals surface area contributed by atoms with Gasteiger partial charge >= 0.3 is 11.8 Å². The van der Waals surface area contributed by atoms with Crippen LogP contribution in [0.2, 0.25) is 0 Å². The molecule has 6 N–H and O–H groups in total. The minimum atomic E-state index is -2.03. The van der Waals surface area contributed by atoms with Crippen molar-refractivity contribution in [1.29, 1.82) is 0 Å². The van der Waals surface area contributed by atoms with E-state index in [1.165, 1.54) is 59.3 Å². The Bertz CT molecular complexity index is 2010. The summed E-state index contributed by atoms with van der Waals surface area (Å²) < 4.78 is 29.6. The van der Waals surface area contributed by atoms with Crippen LogP contribution in [-0.2, 0) is 28.6 Å². The van der Waals surface area contributed by atoms with Gasteiger partial charge in [-0.1, -0.05) is 45.9 Å². The highest BCUT2D eigenvalue weighted by Gasteiger charge is 2.49. The van der Waals surface area contributed by atoms with E-state index in [0.29, 0.717) is 0 Å². The standard InChI is InChI=1S/C43H58N2O13/c1-20-14-13-15-21(2)41(53)44-27-18-29(55-19-30(47)45-42(8,9)10)31-32(37(27)51)36(50)25(6)39-33(31)40(52)43(11,58-39)56-17-16-28(54-12)22(3)38(57-26(7)46)24(5)35(49)23(4)34(20)48/h13-18,20,22-24,28,34-35,38,48-51H,19H2,1-12H3,(H,44,53)(H,45,47)/b14-13-,17-16-,21-15+. The van der Waals surface area contributed by atoms with Crippen molar-refractivity contribution in [3.63, 3.8) is 0 Å². The van der Waals surface area contributed by atoms with E-state index in [4.69, 9.17) is 23.7 Å². The largest absolute Gasteiger partial charge is 0.507 e. The van der Waals surface area contributed by atoms with Gasteiger partial charge < -0.3 is 54.7 Å². The molecule has 3 heterocycles. The first-order chi connectivity index (χ1) is 26.9. The first kappa shape index (κ1) is 45.6. The Balaban J connectivity index is 1.93. The Kier molecular flexibility index (Phi) is 14.0. The Morgan fingerprint density at radius 2 is 1.62 bits per heavy atom. The number of carbonyl (C=O) groups is 4. The Labute approximate surface area is 339 Å². The number of phenols is 2. The van der Waals surface area contributed by atoms with Crippen LogP contribution >= 0.6 is 0 Å². The van der Waals surface area contributed by atoms with Crippen LogP contribution in [0.15, 0.2) is 42.2 Å². The summed E-state index contributed by atoms with van der Waals surface area (Å²) in [5.74, 6) is -8.24. The molecule has 0 fully saturated rings. The number of allylic oxidation sites excluding steroid dienone is 2. The van der Waals surface area contributed by atoms with E-state index in [-0.39, 0.29) is 44.7 Å². The van der Waals surface area contributed by atoms with Gasteiger partial charge in [-0.15, -0.1) is 0 Å². The van der Waals surface area contributed by atoms with E-state index in [1.807, 2.05) is 0 Å². The van der Waals surface area contributed by atoms with Gasteiger partial charge in [-0.2, -0.15) is 0 Å². The Hall–Kier alpha value is -5.12. The number of rotatable bonds is 5. The first-order valence-corrected chi connectivity index (χ1v) is 19.2. The summed E-state index contributed by atoms with van der Waals surface area (Å²) in [6.07, 6.45) is 3.56. The SMILES string of the molecule is COC1/C=C\OC2(C)Oc3c(C)c(O)c4c(O)c(cc(OCC(=O)NC(C)(C)C)c4c3C2=O)NC(=O)/C(C)=C/C=C\C(C)C(O)C(C)C(O)C(C)C(OC(C)=O)C1C. The third kappa shape index (κ3) is 9.59. The smallest absolute Gasteiger partial charge is 0.312 e. The predicted molar refractivity (Wildman–Crippen MR) is 216 cm³/mol. The number of ketones is 1. The molecule has 0 saturated heterocycles. The number of aliphatic hydroxyl groups is 2. The first-order valence-electron chi connectivity index (χ1n) is 19.2. The topological polar surface area (TPSA) is 219 Å². The van der Waals surface area contributed by atoms with E-state index in [0.717, 1.165) is 0 Å². The van der Waals surface area contributed by atoms with Gasteiger partial charge in [0.05, 0.1) is 41.2 Å². The minimum absolute atomic E-state index is 0.0675. The van der Waals surface area contributed by atoms with E-state index in [2.05, 4.69) is 10.6 Å². The van der Waals surface area contributed by atoms with Crippen molar-refractivity contribution in [3.05, 3.63) is 53.3 Å². The summed E-state index contributed by atoms with van der Waals surface area (Å²) in [6, 6.07) is 1.25. The molecule has 5 bridgehead atoms. The average molecular weight is 811 g/mol. The van der Waals surface area contributed by atoms with Gasteiger partial charge in [0.1, 0.15) is 23.4 Å². The number of aromatic hydroxyl groups is 2. The molecule has 318 valence electrons. The number of hydrogen-bond acceptors (Lipinski definition) is 13. The molecule has 2 aromatic rings. The fourth-order valence-electron chi connectivity index (χ4n) is 7.35. The summed E-state index contributed by atoms with van der Waals surface area (Å²) in [5.41, 5.74) is -0.653. The number of methoxy groups -OCH3 is 1. The number of amides is 2. The highest BCUT2D eigenvalue weighted by Crippen LogP contribution is 2.54. The molecule has 0 spiro atoms. The molecule has 3 aliphatic heterocycles. The van der Waals surface area contributed by atoms with Crippen LogP contribution in [-0.4, -0.2) is 93.5 Å². The van der Waals surface area contributed by atoms with Gasteiger partial charge in [0, 0.05) is 72.8 Å². The molecular formula is C43H58N2O13. The maximum Gasteiger partial charge on any atom is 0.312 e. The van der Waals surface area contributed by atoms with Crippen LogP contribution in [0.5, 0.6) is 23.0 Å². The molecule has 9 unspecified atom stereocenters. The predicted octanol–water partition coefficient (Wildman–Crippen LogP) is 5.34. The van der Waals surface area contributed by atoms with Gasteiger partial charge in [0.25, 0.3) is 17.6 Å². The number of phenolic OH excluding ortho intramolecular Hbond substituents is 2. The van der Waals surface area contributed by atoms with E-state index >= 15 is 0 Å². The van der Waals surface area contributed by atoms with Crippen molar-refractivity contribution in [1.82, 2.24) is 5.32 Å². The van der Waals surface area contributed by atoms with Crippen molar-refractivity contribution in [2.24, 2.45) is 23.7 Å². The number of anilines is 1. The molecule has 3 aliphatic rings. The van der Waals surface area contributed by atoms with E-state index in [1.54, 1.807) is 60.6 Å². The number of esters is 1. The van der Waals surface area contributed by atoms with E-state index in [9.17, 15) is 39.6 Å². The normalized spacial score (nSPS) is 30.4. The van der Waals surface area contributed by atoms with Gasteiger partial charge in [-0.25, -0.2) is 0 Å². The summed E-state index contributed by atoms with van der Waals surface area (Å²) in [6.45, 7) is 17.3. The number of Topliss-reactive ketones (excluding diaryl/α,β-unsaturated/α-hetero) is 1. The lowest BCUT2D eigenvalue weighted by molar-refractivity contribution is -0.160. The minimum Gasteiger partial charge on any atom is -0.507 e. The third-order valence-electron chi connectivity index (χ3n) is 10.7. The second-order valence-corrected chi connectivity index (χ2v) is 16.5. The quantitative estimate of drug-likeness (QED) is 0.166. The Morgan fingerprint density at radius 1 is 0.966 bits per heavy atom. The van der Waals surface area contributed by atoms with Crippen molar-refractivity contribution in [3.8, 4) is 23.0 Å². The zero-order chi connectivity index (χ0) is 43.6. The summed E-state index contributed by atoms with van der Waals surface area (Å²) in [5, 5.41) is 51.1. The van der Waals surface area contributed by atoms with Crippen LogP contribution in [0.3, 0.4) is 0 Å². The summed E-state index contributed by atoms with van der Waals surface area (Å²) >= 11 is 0. The highest BCUT2D eigenvalue weighted by atomic mass is 16.7. The number of fused-ring (bicyclic) bond motifs is 14. The highest BCUT2D eigenvalue weighted by molar-refractivity contribution is 6.21. The number of carbonyl (C=O) groups excluding carboxylic acids is 4. The van der Waals surface area contributed by atoms with Gasteiger partial charge in [-0.05, 0) is 40.7 Å². The van der Waals surface area contributed by atoms with Crippen molar-refractivity contribution >= 4 is 40.0 Å². The molecule has 0 aromatic heterocycles. The fraction of sp³-hybridized carbons (Fsp3) is 0.535. The summed E-state index contributed by atoms with van der Waals surface area (Å²) in [7, 11) is 1.43. The number of benzene rings is 2. The number of aliphatic hydroxyl groups excluding tert-OH is 2. The molecular weight excluding hydrogens is 752 g/mol. The molecule has 15 nitrogen and oxygen atoms in total. The lowest BCUT2D eigenvalue weighted by Crippen LogP contribution is -2.46. The lowest BCUT2D eigenvalue weighted by atomic mass is 9.78. The molecule has 9 atom stereocenters. The molecule has 58 heavy (non-hydrogen) atoms. The Morgan fingerprint density at radius 3 is 2.22 bits per heavy atom. The monoisotopic (exact) mass is 810 g/mol. The van der Waals surface area contributed by atoms with E-state index < -0.39 is 101 Å². The second-order valence-electron chi connectivity index (χ2n) is 16.5. The van der Waals surface area contributed by atoms with Gasteiger partial charge in [0.15, 0.2) is 12.4 Å². The molecule has 0 radical (unpaired) electrons. The molecule has 2 aromatic carbocycles. The van der Waals surface area contributed by atoms with Crippen LogP contribution in [0.4, 0.5) is 5.69 Å². The summed E-state index contributed by atoms with van der Waals surface area (Å²) in [4.78, 5) is 53.2. The number of ether oxygens (including phenoxy) is 5. The fourth-order valence-corrected chi connectivity index (χ4v) is 7.35. The van der Waals surface area contributed by atoms with Crippen LogP contribution < -0.4 is 20.1 Å². The maximum atomic E-state index is 14.4. The van der Waals surface area contributed by atoms with Crippen molar-refractivity contribution in [2.75, 3.05) is 19.0 Å². The zero-order valence-corrected chi connectivity index (χ0v) is 35.3. The van der Waals surface area contributed by atoms with Crippen LogP contribution in [0.25, 0.3) is 10.8 Å².